The van der Waals surface area contributed by atoms with Crippen LogP contribution in [0.25, 0.3) is 60.0 Å². The summed E-state index contributed by atoms with van der Waals surface area (Å²) in [6, 6.07) is 19.9. The second-order valence-electron chi connectivity index (χ2n) is 8.22. The lowest BCUT2D eigenvalue weighted by atomic mass is 9.96. The van der Waals surface area contributed by atoms with Crippen LogP contribution >= 0.6 is 0 Å². The Bertz CT molecular complexity index is 1780. The van der Waals surface area contributed by atoms with Gasteiger partial charge in [0.2, 0.25) is 5.52 Å². The van der Waals surface area contributed by atoms with Crippen LogP contribution in [0, 0.1) is 13.8 Å². The molecular weight excluding hydrogens is 356 g/mol. The van der Waals surface area contributed by atoms with E-state index in [1.54, 1.807) is 6.26 Å². The van der Waals surface area contributed by atoms with Crippen molar-refractivity contribution in [2.24, 2.45) is 7.05 Å². The maximum absolute atomic E-state index is 5.92. The lowest BCUT2D eigenvalue weighted by molar-refractivity contribution is -0.650. The van der Waals surface area contributed by atoms with Gasteiger partial charge in [-0.2, -0.15) is 4.57 Å². The molecule has 0 amide bonds. The van der Waals surface area contributed by atoms with Crippen LogP contribution in [0.4, 0.5) is 0 Å². The van der Waals surface area contributed by atoms with E-state index in [2.05, 4.69) is 84.5 Å². The van der Waals surface area contributed by atoms with Gasteiger partial charge in [-0.25, -0.2) is 0 Å². The Hall–Kier alpha value is -3.59. The minimum Gasteiger partial charge on any atom is -0.464 e. The van der Waals surface area contributed by atoms with Crippen molar-refractivity contribution >= 4 is 60.0 Å². The number of pyridine rings is 2. The fourth-order valence-electron chi connectivity index (χ4n) is 5.34. The predicted octanol–water partition coefficient (Wildman–Crippen LogP) is 6.18. The maximum Gasteiger partial charge on any atom is 0.238 e. The Morgan fingerprint density at radius 3 is 2.59 bits per heavy atom. The average Bonchev–Trinajstić information content (AvgIpc) is 3.32. The largest absolute Gasteiger partial charge is 0.464 e. The van der Waals surface area contributed by atoms with Crippen molar-refractivity contribution in [3.63, 3.8) is 0 Å². The van der Waals surface area contributed by atoms with Crippen LogP contribution < -0.4 is 4.57 Å². The summed E-state index contributed by atoms with van der Waals surface area (Å²) in [6.07, 6.45) is 1.80. The van der Waals surface area contributed by atoms with Crippen molar-refractivity contribution in [3.05, 3.63) is 72.1 Å². The molecule has 0 aliphatic heterocycles. The molecule has 0 radical (unpaired) electrons. The minimum absolute atomic E-state index is 0.969. The molecule has 3 heteroatoms. The molecule has 0 N–H and O–H groups in total. The van der Waals surface area contributed by atoms with Crippen molar-refractivity contribution < 1.29 is 8.98 Å². The molecule has 0 aliphatic carbocycles. The lowest BCUT2D eigenvalue weighted by Crippen LogP contribution is -2.33. The standard InChI is InChI=1S/C26H19N2O/c1-14-8-9-18-23-21(13-16-10-11-29-26(16)18)28-20-7-5-4-6-17(20)19-12-15(2)27(3)25(22(14)23)24(19)28/h4-13H,1-3H3/q+1. The molecule has 0 atom stereocenters. The number of hydrogen-bond acceptors (Lipinski definition) is 1. The summed E-state index contributed by atoms with van der Waals surface area (Å²) in [6.45, 7) is 4.42. The number of rotatable bonds is 0. The van der Waals surface area contributed by atoms with Crippen LogP contribution in [-0.4, -0.2) is 4.40 Å². The van der Waals surface area contributed by atoms with E-state index in [1.807, 2.05) is 0 Å². The number of nitrogens with zero attached hydrogens (tertiary/aromatic N) is 2. The van der Waals surface area contributed by atoms with Crippen LogP contribution in [-0.2, 0) is 7.05 Å². The topological polar surface area (TPSA) is 21.4 Å². The van der Waals surface area contributed by atoms with E-state index in [0.717, 1.165) is 11.0 Å². The summed E-state index contributed by atoms with van der Waals surface area (Å²) in [4.78, 5) is 0. The van der Waals surface area contributed by atoms with E-state index < -0.39 is 0 Å². The van der Waals surface area contributed by atoms with Gasteiger partial charge in [-0.05, 0) is 30.7 Å². The van der Waals surface area contributed by atoms with Gasteiger partial charge in [0.1, 0.15) is 18.1 Å². The fourth-order valence-corrected chi connectivity index (χ4v) is 5.34. The Morgan fingerprint density at radius 2 is 1.69 bits per heavy atom. The number of fused-ring (bicyclic) bond motifs is 7. The van der Waals surface area contributed by atoms with Gasteiger partial charge in [0.25, 0.3) is 0 Å². The summed E-state index contributed by atoms with van der Waals surface area (Å²) in [7, 11) is 2.18. The van der Waals surface area contributed by atoms with Crippen molar-refractivity contribution in [1.29, 1.82) is 0 Å². The first kappa shape index (κ1) is 15.3. The van der Waals surface area contributed by atoms with E-state index in [0.29, 0.717) is 0 Å². The van der Waals surface area contributed by atoms with Gasteiger partial charge in [-0.15, -0.1) is 0 Å². The van der Waals surface area contributed by atoms with Crippen LogP contribution in [0.15, 0.2) is 65.3 Å². The molecule has 7 aromatic rings. The highest BCUT2D eigenvalue weighted by Crippen LogP contribution is 2.42. The SMILES string of the molecule is Cc1ccc2c3occc3cc3c2c1c1c2c(cc(C)[n+]1C)c1ccccc1n32. The van der Waals surface area contributed by atoms with E-state index in [1.165, 1.54) is 60.3 Å². The summed E-state index contributed by atoms with van der Waals surface area (Å²) in [5.41, 5.74) is 8.61. The molecule has 0 unspecified atom stereocenters. The zero-order valence-electron chi connectivity index (χ0n) is 16.6. The van der Waals surface area contributed by atoms with Gasteiger partial charge in [0, 0.05) is 39.9 Å². The van der Waals surface area contributed by atoms with E-state index in [-0.39, 0.29) is 0 Å². The highest BCUT2D eigenvalue weighted by Gasteiger charge is 2.26. The minimum atomic E-state index is 0.969. The number of aromatic nitrogens is 2. The first-order chi connectivity index (χ1) is 14.1. The van der Waals surface area contributed by atoms with Crippen molar-refractivity contribution in [2.75, 3.05) is 0 Å². The number of furan rings is 1. The first-order valence-electron chi connectivity index (χ1n) is 10.0. The Balaban J connectivity index is 2.02. The summed E-state index contributed by atoms with van der Waals surface area (Å²) < 4.78 is 10.7. The molecule has 0 fully saturated rings. The van der Waals surface area contributed by atoms with Crippen LogP contribution in [0.3, 0.4) is 0 Å². The number of aryl methyl sites for hydroxylation is 3. The zero-order valence-corrected chi connectivity index (χ0v) is 16.6. The second-order valence-corrected chi connectivity index (χ2v) is 8.22. The van der Waals surface area contributed by atoms with Gasteiger partial charge < -0.3 is 8.82 Å². The van der Waals surface area contributed by atoms with Crippen molar-refractivity contribution in [2.45, 2.75) is 13.8 Å². The molecule has 0 saturated heterocycles. The normalized spacial score (nSPS) is 12.7. The molecule has 0 spiro atoms. The summed E-state index contributed by atoms with van der Waals surface area (Å²) in [5.74, 6) is 0. The van der Waals surface area contributed by atoms with Crippen LogP contribution in [0.2, 0.25) is 0 Å². The molecule has 7 rings (SSSR count). The lowest BCUT2D eigenvalue weighted by Gasteiger charge is -2.14. The van der Waals surface area contributed by atoms with Gasteiger partial charge in [-0.1, -0.05) is 30.3 Å². The zero-order chi connectivity index (χ0) is 19.4. The van der Waals surface area contributed by atoms with Crippen LogP contribution in [0.5, 0.6) is 0 Å². The molecule has 138 valence electrons. The predicted molar refractivity (Wildman–Crippen MR) is 119 cm³/mol. The molecule has 0 bridgehead atoms. The Morgan fingerprint density at radius 1 is 0.828 bits per heavy atom. The Labute approximate surface area is 166 Å². The second kappa shape index (κ2) is 4.87. The van der Waals surface area contributed by atoms with E-state index in [4.69, 9.17) is 4.42 Å². The van der Waals surface area contributed by atoms with Crippen LogP contribution in [0.1, 0.15) is 11.3 Å². The average molecular weight is 375 g/mol. The molecular formula is C26H19N2O+. The van der Waals surface area contributed by atoms with E-state index >= 15 is 0 Å². The number of hydrogen-bond donors (Lipinski definition) is 0. The Kier molecular flexibility index (Phi) is 2.58. The highest BCUT2D eigenvalue weighted by molar-refractivity contribution is 6.29. The highest BCUT2D eigenvalue weighted by atomic mass is 16.3. The van der Waals surface area contributed by atoms with Crippen molar-refractivity contribution in [1.82, 2.24) is 4.40 Å². The third kappa shape index (κ3) is 1.64. The molecule has 29 heavy (non-hydrogen) atoms. The van der Waals surface area contributed by atoms with Gasteiger partial charge in [0.15, 0.2) is 5.69 Å². The number of para-hydroxylation sites is 1. The molecule has 0 saturated carbocycles. The first-order valence-corrected chi connectivity index (χ1v) is 10.0. The number of benzene rings is 3. The summed E-state index contributed by atoms with van der Waals surface area (Å²) >= 11 is 0. The van der Waals surface area contributed by atoms with E-state index in [9.17, 15) is 0 Å². The third-order valence-electron chi connectivity index (χ3n) is 6.74. The molecule has 4 heterocycles. The maximum atomic E-state index is 5.92. The van der Waals surface area contributed by atoms with Gasteiger partial charge in [0.05, 0.1) is 22.7 Å². The quantitative estimate of drug-likeness (QED) is 0.176. The molecule has 4 aromatic heterocycles. The van der Waals surface area contributed by atoms with Gasteiger partial charge >= 0.3 is 0 Å². The third-order valence-corrected chi connectivity index (χ3v) is 6.74. The summed E-state index contributed by atoms with van der Waals surface area (Å²) in [5, 5.41) is 7.55. The van der Waals surface area contributed by atoms with Gasteiger partial charge in [-0.3, -0.25) is 0 Å². The fraction of sp³-hybridized carbons (Fsp3) is 0.115. The smallest absolute Gasteiger partial charge is 0.238 e. The van der Waals surface area contributed by atoms with Crippen molar-refractivity contribution in [3.8, 4) is 0 Å². The monoisotopic (exact) mass is 375 g/mol. The molecule has 3 aromatic carbocycles. The molecule has 3 nitrogen and oxygen atoms in total. The molecule has 0 aliphatic rings.